The Bertz CT molecular complexity index is 2070. The van der Waals surface area contributed by atoms with Crippen LogP contribution in [0.5, 0.6) is 0 Å². The zero-order valence-corrected chi connectivity index (χ0v) is 21.0. The van der Waals surface area contributed by atoms with E-state index in [1.165, 1.54) is 21.8 Å². The van der Waals surface area contributed by atoms with Crippen molar-refractivity contribution >= 4 is 61.1 Å². The Morgan fingerprint density at radius 1 is 0.513 bits per heavy atom. The standard InChI is InChI=1S/C35H23N3O/c1-2-11-25(12-3-1)37(35-36-34-28-13-5-4-10-24(28)18-23-33(34)39-35)26-19-21-27(22-20-26)38-31-16-8-6-14-29(31)30-15-7-9-17-32(30)38/h1-23H. The minimum absolute atomic E-state index is 0.539. The molecule has 0 N–H and O–H groups in total. The summed E-state index contributed by atoms with van der Waals surface area (Å²) in [5.74, 6) is 0. The number of benzene rings is 6. The lowest BCUT2D eigenvalue weighted by atomic mass is 10.1. The Balaban J connectivity index is 1.29. The molecule has 4 nitrogen and oxygen atoms in total. The number of hydrogen-bond acceptors (Lipinski definition) is 3. The second-order valence-electron chi connectivity index (χ2n) is 9.69. The minimum Gasteiger partial charge on any atom is -0.423 e. The molecule has 2 aromatic heterocycles. The van der Waals surface area contributed by atoms with Crippen molar-refractivity contribution in [3.63, 3.8) is 0 Å². The molecule has 2 heterocycles. The van der Waals surface area contributed by atoms with Gasteiger partial charge in [0.15, 0.2) is 5.58 Å². The maximum absolute atomic E-state index is 6.37. The number of para-hydroxylation sites is 3. The number of hydrogen-bond donors (Lipinski definition) is 0. The van der Waals surface area contributed by atoms with E-state index in [0.717, 1.165) is 38.9 Å². The van der Waals surface area contributed by atoms with Gasteiger partial charge in [-0.1, -0.05) is 84.9 Å². The third-order valence-corrected chi connectivity index (χ3v) is 7.42. The van der Waals surface area contributed by atoms with Gasteiger partial charge in [-0.05, 0) is 60.0 Å². The largest absolute Gasteiger partial charge is 0.423 e. The van der Waals surface area contributed by atoms with Crippen LogP contribution in [0.4, 0.5) is 17.4 Å². The lowest BCUT2D eigenvalue weighted by Gasteiger charge is -2.21. The smallest absolute Gasteiger partial charge is 0.307 e. The molecular weight excluding hydrogens is 478 g/mol. The molecular formula is C35H23N3O. The van der Waals surface area contributed by atoms with Gasteiger partial charge in [-0.3, -0.25) is 4.90 Å². The molecule has 0 aliphatic carbocycles. The molecule has 8 rings (SSSR count). The van der Waals surface area contributed by atoms with E-state index < -0.39 is 0 Å². The Labute approximate surface area is 225 Å². The number of oxazole rings is 1. The van der Waals surface area contributed by atoms with Crippen molar-refractivity contribution in [1.29, 1.82) is 0 Å². The fourth-order valence-corrected chi connectivity index (χ4v) is 5.64. The van der Waals surface area contributed by atoms with Crippen LogP contribution in [0.2, 0.25) is 0 Å². The van der Waals surface area contributed by atoms with Crippen LogP contribution in [0.15, 0.2) is 144 Å². The molecule has 0 bridgehead atoms. The van der Waals surface area contributed by atoms with Gasteiger partial charge in [-0.2, -0.15) is 4.98 Å². The van der Waals surface area contributed by atoms with E-state index in [4.69, 9.17) is 9.40 Å². The predicted octanol–water partition coefficient (Wildman–Crippen LogP) is 9.55. The molecule has 0 aliphatic heterocycles. The minimum atomic E-state index is 0.539. The van der Waals surface area contributed by atoms with Crippen molar-refractivity contribution in [3.05, 3.63) is 140 Å². The van der Waals surface area contributed by atoms with Gasteiger partial charge < -0.3 is 8.98 Å². The molecule has 0 radical (unpaired) electrons. The van der Waals surface area contributed by atoms with E-state index in [1.54, 1.807) is 0 Å². The Hall–Kier alpha value is -5.35. The number of anilines is 3. The van der Waals surface area contributed by atoms with Crippen molar-refractivity contribution in [2.24, 2.45) is 0 Å². The van der Waals surface area contributed by atoms with Gasteiger partial charge in [0.1, 0.15) is 5.52 Å². The van der Waals surface area contributed by atoms with Crippen LogP contribution in [-0.2, 0) is 0 Å². The van der Waals surface area contributed by atoms with Gasteiger partial charge in [-0.15, -0.1) is 0 Å². The summed E-state index contributed by atoms with van der Waals surface area (Å²) in [5, 5.41) is 4.73. The molecule has 0 spiro atoms. The highest BCUT2D eigenvalue weighted by Gasteiger charge is 2.20. The van der Waals surface area contributed by atoms with Crippen LogP contribution in [0.1, 0.15) is 0 Å². The summed E-state index contributed by atoms with van der Waals surface area (Å²) in [7, 11) is 0. The SMILES string of the molecule is c1ccc(N(c2ccc(-n3c4ccccc4c4ccccc43)cc2)c2nc3c(ccc4ccccc43)o2)cc1. The first kappa shape index (κ1) is 21.7. The highest BCUT2D eigenvalue weighted by Crippen LogP contribution is 2.38. The summed E-state index contributed by atoms with van der Waals surface area (Å²) in [6, 6.07) is 48.9. The molecule has 39 heavy (non-hydrogen) atoms. The molecule has 0 amide bonds. The third kappa shape index (κ3) is 3.42. The number of rotatable bonds is 4. The Kier molecular flexibility index (Phi) is 4.79. The fraction of sp³-hybridized carbons (Fsp3) is 0. The monoisotopic (exact) mass is 501 g/mol. The van der Waals surface area contributed by atoms with Crippen LogP contribution < -0.4 is 4.90 Å². The Morgan fingerprint density at radius 2 is 1.10 bits per heavy atom. The van der Waals surface area contributed by atoms with E-state index in [2.05, 4.69) is 113 Å². The van der Waals surface area contributed by atoms with Crippen LogP contribution in [0, 0.1) is 0 Å². The van der Waals surface area contributed by atoms with Crippen molar-refractivity contribution in [1.82, 2.24) is 9.55 Å². The normalized spacial score (nSPS) is 11.6. The van der Waals surface area contributed by atoms with E-state index in [-0.39, 0.29) is 0 Å². The second-order valence-corrected chi connectivity index (χ2v) is 9.69. The molecule has 0 aliphatic rings. The third-order valence-electron chi connectivity index (χ3n) is 7.42. The maximum Gasteiger partial charge on any atom is 0.307 e. The maximum atomic E-state index is 6.37. The van der Waals surface area contributed by atoms with Gasteiger partial charge in [0, 0.05) is 21.8 Å². The van der Waals surface area contributed by atoms with E-state index in [1.807, 2.05) is 36.4 Å². The molecule has 0 saturated carbocycles. The number of nitrogens with zero attached hydrogens (tertiary/aromatic N) is 3. The average molecular weight is 502 g/mol. The molecule has 8 aromatic rings. The van der Waals surface area contributed by atoms with Crippen LogP contribution >= 0.6 is 0 Å². The van der Waals surface area contributed by atoms with Crippen molar-refractivity contribution < 1.29 is 4.42 Å². The average Bonchev–Trinajstić information content (AvgIpc) is 3.58. The molecule has 0 saturated heterocycles. The van der Waals surface area contributed by atoms with Gasteiger partial charge in [0.05, 0.1) is 22.4 Å². The summed E-state index contributed by atoms with van der Waals surface area (Å²) in [5.41, 5.74) is 7.08. The van der Waals surface area contributed by atoms with Crippen molar-refractivity contribution in [3.8, 4) is 5.69 Å². The number of aromatic nitrogens is 2. The predicted molar refractivity (Wildman–Crippen MR) is 161 cm³/mol. The van der Waals surface area contributed by atoms with Crippen LogP contribution in [0.3, 0.4) is 0 Å². The lowest BCUT2D eigenvalue weighted by Crippen LogP contribution is -2.10. The zero-order chi connectivity index (χ0) is 25.8. The second kappa shape index (κ2) is 8.61. The summed E-state index contributed by atoms with van der Waals surface area (Å²) < 4.78 is 8.70. The summed E-state index contributed by atoms with van der Waals surface area (Å²) in [4.78, 5) is 7.08. The van der Waals surface area contributed by atoms with Gasteiger partial charge in [-0.25, -0.2) is 0 Å². The van der Waals surface area contributed by atoms with Crippen molar-refractivity contribution in [2.45, 2.75) is 0 Å². The quantitative estimate of drug-likeness (QED) is 0.241. The van der Waals surface area contributed by atoms with Crippen LogP contribution in [-0.4, -0.2) is 9.55 Å². The number of fused-ring (bicyclic) bond motifs is 6. The fourth-order valence-electron chi connectivity index (χ4n) is 5.64. The highest BCUT2D eigenvalue weighted by molar-refractivity contribution is 6.09. The first-order valence-corrected chi connectivity index (χ1v) is 13.1. The van der Waals surface area contributed by atoms with Gasteiger partial charge >= 0.3 is 6.01 Å². The topological polar surface area (TPSA) is 34.2 Å². The van der Waals surface area contributed by atoms with E-state index >= 15 is 0 Å². The van der Waals surface area contributed by atoms with E-state index in [9.17, 15) is 0 Å². The first-order valence-electron chi connectivity index (χ1n) is 13.1. The summed E-state index contributed by atoms with van der Waals surface area (Å²) >= 11 is 0. The van der Waals surface area contributed by atoms with Gasteiger partial charge in [0.25, 0.3) is 0 Å². The lowest BCUT2D eigenvalue weighted by molar-refractivity contribution is 0.608. The van der Waals surface area contributed by atoms with Crippen LogP contribution in [0.25, 0.3) is 49.4 Å². The Morgan fingerprint density at radius 3 is 1.82 bits per heavy atom. The zero-order valence-electron chi connectivity index (χ0n) is 21.0. The molecule has 0 atom stereocenters. The molecule has 184 valence electrons. The summed E-state index contributed by atoms with van der Waals surface area (Å²) in [6.45, 7) is 0. The first-order chi connectivity index (χ1) is 19.3. The molecule has 4 heteroatoms. The van der Waals surface area contributed by atoms with Crippen molar-refractivity contribution in [2.75, 3.05) is 4.90 Å². The van der Waals surface area contributed by atoms with Gasteiger partial charge in [0.2, 0.25) is 0 Å². The molecule has 0 fully saturated rings. The summed E-state index contributed by atoms with van der Waals surface area (Å²) in [6.07, 6.45) is 0. The molecule has 6 aromatic carbocycles. The highest BCUT2D eigenvalue weighted by atomic mass is 16.4. The molecule has 0 unspecified atom stereocenters. The van der Waals surface area contributed by atoms with E-state index in [0.29, 0.717) is 6.01 Å².